The van der Waals surface area contributed by atoms with Crippen LogP contribution in [0, 0.1) is 0 Å². The number of imidazole rings is 1. The van der Waals surface area contributed by atoms with E-state index >= 15 is 0 Å². The van der Waals surface area contributed by atoms with E-state index < -0.39 is 11.7 Å². The van der Waals surface area contributed by atoms with Crippen LogP contribution in [0.25, 0.3) is 11.0 Å². The summed E-state index contributed by atoms with van der Waals surface area (Å²) in [7, 11) is 1.36. The third-order valence-corrected chi connectivity index (χ3v) is 4.77. The summed E-state index contributed by atoms with van der Waals surface area (Å²) >= 11 is 0. The second-order valence-corrected chi connectivity index (χ2v) is 6.93. The Hall–Kier alpha value is -3.81. The fourth-order valence-corrected chi connectivity index (χ4v) is 3.19. The molecule has 0 saturated carbocycles. The maximum absolute atomic E-state index is 11.8. The Morgan fingerprint density at radius 1 is 0.970 bits per heavy atom. The van der Waals surface area contributed by atoms with E-state index in [2.05, 4.69) is 16.5 Å². The Kier molecular flexibility index (Phi) is 7.71. The summed E-state index contributed by atoms with van der Waals surface area (Å²) < 4.78 is 48.0. The van der Waals surface area contributed by atoms with Crippen molar-refractivity contribution in [2.24, 2.45) is 0 Å². The van der Waals surface area contributed by atoms with Gasteiger partial charge in [-0.1, -0.05) is 48.5 Å². The fraction of sp³-hybridized carbons (Fsp3) is 0.200. The summed E-state index contributed by atoms with van der Waals surface area (Å²) in [4.78, 5) is 16.2. The van der Waals surface area contributed by atoms with E-state index in [0.717, 1.165) is 35.5 Å². The molecule has 0 saturated heterocycles. The molecule has 3 aromatic carbocycles. The van der Waals surface area contributed by atoms with Gasteiger partial charge in [-0.2, -0.15) is 13.2 Å². The number of aryl methyl sites for hydroxylation is 1. The minimum Gasteiger partial charge on any atom is -0.486 e. The van der Waals surface area contributed by atoms with Crippen LogP contribution in [0.15, 0.2) is 78.9 Å². The monoisotopic (exact) mass is 456 g/mol. The molecule has 8 heteroatoms. The average molecular weight is 456 g/mol. The van der Waals surface area contributed by atoms with Crippen molar-refractivity contribution in [3.05, 3.63) is 95.8 Å². The lowest BCUT2D eigenvalue weighted by molar-refractivity contribution is -0.137. The molecule has 0 fully saturated rings. The quantitative estimate of drug-likeness (QED) is 0.339. The molecular formula is C25H23F3N2O3. The number of methoxy groups -OCH3 is 1. The summed E-state index contributed by atoms with van der Waals surface area (Å²) in [5, 5.41) is 0. The molecule has 0 bridgehead atoms. The standard InChI is InChI=1S/C18H18N2O3.C7H5F3/c1-3-20-16-10-5-4-9-15(16)19-17(20)12-23-14-8-6-7-13(11-14)18(21)22-2;8-7(9,10)6-4-2-1-3-5-6/h4-11H,3,12H2,1-2H3;1-5H. The number of nitrogens with zero attached hydrogens (tertiary/aromatic N) is 2. The van der Waals surface area contributed by atoms with Gasteiger partial charge in [0.1, 0.15) is 18.2 Å². The molecule has 1 aromatic heterocycles. The lowest BCUT2D eigenvalue weighted by Gasteiger charge is -2.09. The molecule has 0 aliphatic rings. The van der Waals surface area contributed by atoms with Gasteiger partial charge in [0.25, 0.3) is 0 Å². The van der Waals surface area contributed by atoms with Crippen molar-refractivity contribution >= 4 is 17.0 Å². The number of alkyl halides is 3. The van der Waals surface area contributed by atoms with E-state index in [1.165, 1.54) is 19.2 Å². The number of fused-ring (bicyclic) bond motifs is 1. The summed E-state index contributed by atoms with van der Waals surface area (Å²) in [6, 6.07) is 21.3. The summed E-state index contributed by atoms with van der Waals surface area (Å²) in [5.74, 6) is 1.09. The normalized spacial score (nSPS) is 10.9. The lowest BCUT2D eigenvalue weighted by Crippen LogP contribution is -2.06. The van der Waals surface area contributed by atoms with Crippen molar-refractivity contribution in [2.75, 3.05) is 7.11 Å². The first-order valence-corrected chi connectivity index (χ1v) is 10.2. The first kappa shape index (κ1) is 23.8. The first-order valence-electron chi connectivity index (χ1n) is 10.2. The van der Waals surface area contributed by atoms with Gasteiger partial charge in [0, 0.05) is 6.54 Å². The molecule has 172 valence electrons. The number of esters is 1. The van der Waals surface area contributed by atoms with Crippen molar-refractivity contribution in [2.45, 2.75) is 26.3 Å². The fourth-order valence-electron chi connectivity index (χ4n) is 3.19. The van der Waals surface area contributed by atoms with E-state index in [1.807, 2.05) is 30.3 Å². The third-order valence-electron chi connectivity index (χ3n) is 4.77. The Morgan fingerprint density at radius 3 is 2.30 bits per heavy atom. The largest absolute Gasteiger partial charge is 0.486 e. The second-order valence-electron chi connectivity index (χ2n) is 6.93. The van der Waals surface area contributed by atoms with Crippen molar-refractivity contribution in [3.63, 3.8) is 0 Å². The van der Waals surface area contributed by atoms with Gasteiger partial charge in [-0.15, -0.1) is 0 Å². The third kappa shape index (κ3) is 6.12. The SMILES string of the molecule is CCn1c(COc2cccc(C(=O)OC)c2)nc2ccccc21.FC(F)(F)c1ccccc1. The van der Waals surface area contributed by atoms with E-state index in [-0.39, 0.29) is 5.97 Å². The summed E-state index contributed by atoms with van der Waals surface area (Å²) in [6.45, 7) is 3.24. The summed E-state index contributed by atoms with van der Waals surface area (Å²) in [6.07, 6.45) is -4.21. The van der Waals surface area contributed by atoms with Gasteiger partial charge in [-0.05, 0) is 37.3 Å². The Bertz CT molecular complexity index is 1200. The topological polar surface area (TPSA) is 53.4 Å². The molecule has 0 amide bonds. The number of carbonyl (C=O) groups is 1. The maximum atomic E-state index is 11.8. The molecule has 1 heterocycles. The van der Waals surface area contributed by atoms with Crippen LogP contribution in [-0.4, -0.2) is 22.6 Å². The highest BCUT2D eigenvalue weighted by Crippen LogP contribution is 2.28. The number of halogens is 3. The van der Waals surface area contributed by atoms with Gasteiger partial charge in [-0.25, -0.2) is 9.78 Å². The molecule has 0 aliphatic heterocycles. The van der Waals surface area contributed by atoms with Crippen molar-refractivity contribution < 1.29 is 27.4 Å². The van der Waals surface area contributed by atoms with Crippen molar-refractivity contribution in [3.8, 4) is 5.75 Å². The van der Waals surface area contributed by atoms with Crippen molar-refractivity contribution in [1.82, 2.24) is 9.55 Å². The number of hydrogen-bond acceptors (Lipinski definition) is 4. The number of benzene rings is 3. The Balaban J connectivity index is 0.000000257. The Labute approximate surface area is 189 Å². The molecular weight excluding hydrogens is 433 g/mol. The maximum Gasteiger partial charge on any atom is 0.416 e. The number of ether oxygens (including phenoxy) is 2. The van der Waals surface area contributed by atoms with E-state index in [4.69, 9.17) is 9.47 Å². The van der Waals surface area contributed by atoms with Crippen LogP contribution in [0.5, 0.6) is 5.75 Å². The molecule has 0 radical (unpaired) electrons. The molecule has 33 heavy (non-hydrogen) atoms. The lowest BCUT2D eigenvalue weighted by atomic mass is 10.2. The molecule has 5 nitrogen and oxygen atoms in total. The van der Waals surface area contributed by atoms with Crippen molar-refractivity contribution in [1.29, 1.82) is 0 Å². The van der Waals surface area contributed by atoms with Gasteiger partial charge in [0.05, 0.1) is 29.3 Å². The minimum absolute atomic E-state index is 0.340. The Morgan fingerprint density at radius 2 is 1.67 bits per heavy atom. The molecule has 0 N–H and O–H groups in total. The van der Waals surface area contributed by atoms with E-state index in [0.29, 0.717) is 17.9 Å². The number of rotatable bonds is 5. The molecule has 0 spiro atoms. The van der Waals surface area contributed by atoms with Gasteiger partial charge >= 0.3 is 12.1 Å². The van der Waals surface area contributed by atoms with Crippen LogP contribution in [-0.2, 0) is 24.1 Å². The number of hydrogen-bond donors (Lipinski definition) is 0. The first-order chi connectivity index (χ1) is 15.8. The van der Waals surface area contributed by atoms with Gasteiger partial charge in [-0.3, -0.25) is 0 Å². The second kappa shape index (κ2) is 10.7. The number of carbonyl (C=O) groups excluding carboxylic acids is 1. The van der Waals surface area contributed by atoms with Crippen LogP contribution < -0.4 is 4.74 Å². The zero-order valence-electron chi connectivity index (χ0n) is 18.2. The van der Waals surface area contributed by atoms with Crippen LogP contribution in [0.4, 0.5) is 13.2 Å². The van der Waals surface area contributed by atoms with Gasteiger partial charge in [0.15, 0.2) is 0 Å². The molecule has 0 unspecified atom stereocenters. The smallest absolute Gasteiger partial charge is 0.416 e. The molecule has 0 atom stereocenters. The van der Waals surface area contributed by atoms with Gasteiger partial charge in [0.2, 0.25) is 0 Å². The van der Waals surface area contributed by atoms with E-state index in [9.17, 15) is 18.0 Å². The highest BCUT2D eigenvalue weighted by atomic mass is 19.4. The zero-order chi connectivity index (χ0) is 23.8. The molecule has 0 aliphatic carbocycles. The minimum atomic E-state index is -4.21. The average Bonchev–Trinajstić information content (AvgIpc) is 3.20. The highest BCUT2D eigenvalue weighted by molar-refractivity contribution is 5.89. The number of para-hydroxylation sites is 2. The van der Waals surface area contributed by atoms with Crippen LogP contribution in [0.3, 0.4) is 0 Å². The molecule has 4 aromatic rings. The van der Waals surface area contributed by atoms with E-state index in [1.54, 1.807) is 24.3 Å². The van der Waals surface area contributed by atoms with Gasteiger partial charge < -0.3 is 14.0 Å². The predicted octanol–water partition coefficient (Wildman–Crippen LogP) is 6.13. The predicted molar refractivity (Wildman–Crippen MR) is 119 cm³/mol. The van der Waals surface area contributed by atoms with Crippen LogP contribution >= 0.6 is 0 Å². The number of aromatic nitrogens is 2. The van der Waals surface area contributed by atoms with Crippen LogP contribution in [0.2, 0.25) is 0 Å². The summed E-state index contributed by atoms with van der Waals surface area (Å²) in [5.41, 5.74) is 1.91. The zero-order valence-corrected chi connectivity index (χ0v) is 18.2. The van der Waals surface area contributed by atoms with Crippen LogP contribution in [0.1, 0.15) is 28.7 Å². The molecule has 4 rings (SSSR count). The highest BCUT2D eigenvalue weighted by Gasteiger charge is 2.29.